The summed E-state index contributed by atoms with van der Waals surface area (Å²) >= 11 is 2.87. The second-order valence-electron chi connectivity index (χ2n) is 7.05. The number of hydrogen-bond acceptors (Lipinski definition) is 5. The minimum atomic E-state index is -6.63. The van der Waals surface area contributed by atoms with Crippen molar-refractivity contribution >= 4 is 33.5 Å². The Labute approximate surface area is 206 Å². The van der Waals surface area contributed by atoms with E-state index in [0.717, 1.165) is 12.1 Å². The largest absolute Gasteiger partial charge is 0.502 e. The van der Waals surface area contributed by atoms with E-state index in [2.05, 4.69) is 25.7 Å². The molecule has 0 bridgehead atoms. The number of phenolic OH excluding ortho intramolecular Hbond substituents is 1. The number of ether oxygens (including phenoxy) is 1. The number of alkyl halides is 11. The van der Waals surface area contributed by atoms with E-state index in [9.17, 15) is 63.5 Å². The van der Waals surface area contributed by atoms with E-state index in [0.29, 0.717) is 12.3 Å². The fourth-order valence-electron chi connectivity index (χ4n) is 2.54. The maximum atomic E-state index is 13.8. The number of aliphatic imine (C=N–C) groups is 1. The molecular formula is C19H10BrF11N2O4. The van der Waals surface area contributed by atoms with Crippen molar-refractivity contribution in [2.24, 2.45) is 4.99 Å². The van der Waals surface area contributed by atoms with Crippen molar-refractivity contribution in [3.8, 4) is 11.5 Å². The molecule has 0 heterocycles. The number of rotatable bonds is 9. The molecule has 0 atom stereocenters. The zero-order chi connectivity index (χ0) is 28.6. The number of nitrogens with zero attached hydrogens (tertiary/aromatic N) is 2. The molecule has 0 saturated carbocycles. The number of halogens is 12. The quantitative estimate of drug-likeness (QED) is 0.137. The lowest BCUT2D eigenvalue weighted by Gasteiger charge is -2.32. The van der Waals surface area contributed by atoms with Crippen LogP contribution in [-0.2, 0) is 6.18 Å². The minimum Gasteiger partial charge on any atom is -0.502 e. The molecule has 0 amide bonds. The zero-order valence-electron chi connectivity index (χ0n) is 17.4. The summed E-state index contributed by atoms with van der Waals surface area (Å²) in [6.45, 7) is -2.69. The van der Waals surface area contributed by atoms with Crippen molar-refractivity contribution in [1.29, 1.82) is 0 Å². The summed E-state index contributed by atoms with van der Waals surface area (Å²) in [5.74, 6) is -21.2. The molecule has 0 aliphatic rings. The number of phenols is 1. The lowest BCUT2D eigenvalue weighted by atomic mass is 10.1. The molecule has 204 valence electrons. The smallest absolute Gasteiger partial charge is 0.416 e. The Morgan fingerprint density at radius 2 is 1.65 bits per heavy atom. The average molecular weight is 619 g/mol. The van der Waals surface area contributed by atoms with Crippen LogP contribution in [0.3, 0.4) is 0 Å². The zero-order valence-corrected chi connectivity index (χ0v) is 18.9. The fraction of sp³-hybridized carbons (Fsp3) is 0.316. The van der Waals surface area contributed by atoms with Gasteiger partial charge in [0.25, 0.3) is 0 Å². The molecule has 0 fully saturated rings. The predicted molar refractivity (Wildman–Crippen MR) is 107 cm³/mol. The van der Waals surface area contributed by atoms with Gasteiger partial charge in [-0.2, -0.15) is 39.5 Å². The second-order valence-corrected chi connectivity index (χ2v) is 7.97. The van der Waals surface area contributed by atoms with E-state index >= 15 is 0 Å². The van der Waals surface area contributed by atoms with Gasteiger partial charge in [0.05, 0.1) is 10.5 Å². The number of hydrogen-bond donors (Lipinski definition) is 1. The molecular weight excluding hydrogens is 609 g/mol. The van der Waals surface area contributed by atoms with Crippen LogP contribution in [-0.4, -0.2) is 47.0 Å². The minimum absolute atomic E-state index is 0.0132. The molecule has 18 heteroatoms. The molecule has 2 aromatic rings. The highest BCUT2D eigenvalue weighted by Gasteiger charge is 2.75. The van der Waals surface area contributed by atoms with Crippen LogP contribution in [0.2, 0.25) is 0 Å². The molecule has 2 aromatic carbocycles. The molecule has 0 aliphatic carbocycles. The molecule has 0 saturated heterocycles. The SMILES string of the molecule is O=[N+]([O-])c1cc(Br)cc(C=Nc2cc(C(F)(F)F)ccc2OCC(F)(F)C(F)(F)C(F)(F)C(F)F)c1O. The van der Waals surface area contributed by atoms with Crippen molar-refractivity contribution in [3.63, 3.8) is 0 Å². The summed E-state index contributed by atoms with van der Waals surface area (Å²) in [5.41, 5.74) is -3.87. The van der Waals surface area contributed by atoms with Gasteiger partial charge < -0.3 is 9.84 Å². The van der Waals surface area contributed by atoms with Gasteiger partial charge in [0, 0.05) is 22.3 Å². The van der Waals surface area contributed by atoms with Crippen molar-refractivity contribution in [1.82, 2.24) is 0 Å². The summed E-state index contributed by atoms with van der Waals surface area (Å²) in [7, 11) is 0. The molecule has 0 unspecified atom stereocenters. The van der Waals surface area contributed by atoms with Crippen LogP contribution in [0, 0.1) is 10.1 Å². The van der Waals surface area contributed by atoms with Gasteiger partial charge in [0.2, 0.25) is 5.75 Å². The normalized spacial score (nSPS) is 13.4. The molecule has 0 aliphatic heterocycles. The molecule has 37 heavy (non-hydrogen) atoms. The fourth-order valence-corrected chi connectivity index (χ4v) is 3.00. The monoisotopic (exact) mass is 618 g/mol. The Morgan fingerprint density at radius 3 is 2.16 bits per heavy atom. The number of benzene rings is 2. The van der Waals surface area contributed by atoms with Gasteiger partial charge in [-0.15, -0.1) is 0 Å². The molecule has 0 aromatic heterocycles. The first-order chi connectivity index (χ1) is 16.7. The van der Waals surface area contributed by atoms with E-state index in [-0.39, 0.29) is 16.6 Å². The average Bonchev–Trinajstić information content (AvgIpc) is 2.76. The lowest BCUT2D eigenvalue weighted by molar-refractivity contribution is -0.385. The van der Waals surface area contributed by atoms with Crippen molar-refractivity contribution in [2.75, 3.05) is 6.61 Å². The second kappa shape index (κ2) is 10.3. The van der Waals surface area contributed by atoms with Crippen molar-refractivity contribution in [2.45, 2.75) is 30.4 Å². The van der Waals surface area contributed by atoms with E-state index in [1.54, 1.807) is 0 Å². The van der Waals surface area contributed by atoms with Crippen LogP contribution in [0.1, 0.15) is 11.1 Å². The van der Waals surface area contributed by atoms with Crippen LogP contribution < -0.4 is 4.74 Å². The molecule has 1 N–H and O–H groups in total. The molecule has 0 spiro atoms. The molecule has 0 radical (unpaired) electrons. The van der Waals surface area contributed by atoms with Gasteiger partial charge in [-0.25, -0.2) is 8.78 Å². The summed E-state index contributed by atoms with van der Waals surface area (Å²) < 4.78 is 149. The maximum Gasteiger partial charge on any atom is 0.416 e. The van der Waals surface area contributed by atoms with Crippen LogP contribution in [0.4, 0.5) is 59.7 Å². The number of aromatic hydroxyl groups is 1. The third-order valence-electron chi connectivity index (χ3n) is 4.47. The van der Waals surface area contributed by atoms with Crippen molar-refractivity contribution < 1.29 is 63.1 Å². The van der Waals surface area contributed by atoms with Gasteiger partial charge in [0.15, 0.2) is 6.61 Å². The predicted octanol–water partition coefficient (Wildman–Crippen LogP) is 7.38. The molecule has 2 rings (SSSR count). The Bertz CT molecular complexity index is 1200. The summed E-state index contributed by atoms with van der Waals surface area (Å²) in [6.07, 6.45) is -9.73. The van der Waals surface area contributed by atoms with E-state index in [1.165, 1.54) is 0 Å². The standard InChI is InChI=1S/C19H10BrF11N2O4/c20-10-3-8(14(34)12(5-10)33(35)36)6-32-11-4-9(18(27,28)29)1-2-13(11)37-7-16(23,24)19(30,31)17(25,26)15(21)22/h1-6,15,34H,7H2. The third kappa shape index (κ3) is 6.22. The Morgan fingerprint density at radius 1 is 1.05 bits per heavy atom. The van der Waals surface area contributed by atoms with Crippen LogP contribution in [0.15, 0.2) is 39.8 Å². The van der Waals surface area contributed by atoms with Gasteiger partial charge >= 0.3 is 36.1 Å². The van der Waals surface area contributed by atoms with E-state index in [4.69, 9.17) is 0 Å². The van der Waals surface area contributed by atoms with E-state index in [1.807, 2.05) is 0 Å². The van der Waals surface area contributed by atoms with Crippen molar-refractivity contribution in [3.05, 3.63) is 56.0 Å². The first-order valence-corrected chi connectivity index (χ1v) is 9.98. The van der Waals surface area contributed by atoms with Crippen LogP contribution in [0.5, 0.6) is 11.5 Å². The highest BCUT2D eigenvalue weighted by atomic mass is 79.9. The third-order valence-corrected chi connectivity index (χ3v) is 4.93. The highest BCUT2D eigenvalue weighted by Crippen LogP contribution is 2.49. The van der Waals surface area contributed by atoms with Crippen LogP contribution >= 0.6 is 15.9 Å². The van der Waals surface area contributed by atoms with Gasteiger partial charge in [-0.1, -0.05) is 15.9 Å². The summed E-state index contributed by atoms with van der Waals surface area (Å²) in [6, 6.07) is 2.53. The van der Waals surface area contributed by atoms with Gasteiger partial charge in [-0.3, -0.25) is 15.1 Å². The lowest BCUT2D eigenvalue weighted by Crippen LogP contribution is -2.59. The van der Waals surface area contributed by atoms with Gasteiger partial charge in [-0.05, 0) is 24.3 Å². The number of nitro groups is 1. The van der Waals surface area contributed by atoms with Crippen LogP contribution in [0.25, 0.3) is 0 Å². The van der Waals surface area contributed by atoms with Gasteiger partial charge in [0.1, 0.15) is 11.4 Å². The molecule has 6 nitrogen and oxygen atoms in total. The Hall–Kier alpha value is -3.18. The summed E-state index contributed by atoms with van der Waals surface area (Å²) in [4.78, 5) is 13.4. The topological polar surface area (TPSA) is 85.0 Å². The first kappa shape index (κ1) is 30.0. The Balaban J connectivity index is 2.51. The Kier molecular flexibility index (Phi) is 8.36. The maximum absolute atomic E-state index is 13.8. The summed E-state index contributed by atoms with van der Waals surface area (Å²) in [5, 5.41) is 20.9. The highest BCUT2D eigenvalue weighted by molar-refractivity contribution is 9.10. The number of nitro benzene ring substituents is 1. The van der Waals surface area contributed by atoms with E-state index < -0.39 is 75.9 Å². The first-order valence-electron chi connectivity index (χ1n) is 9.19.